The van der Waals surface area contributed by atoms with Gasteiger partial charge in [-0.25, -0.2) is 0 Å². The molecule has 1 saturated heterocycles. The lowest BCUT2D eigenvalue weighted by Crippen LogP contribution is -2.51. The van der Waals surface area contributed by atoms with E-state index in [1.807, 2.05) is 18.2 Å². The number of carbonyl (C=O) groups is 1. The van der Waals surface area contributed by atoms with Crippen LogP contribution in [0.3, 0.4) is 0 Å². The van der Waals surface area contributed by atoms with E-state index < -0.39 is 11.4 Å². The summed E-state index contributed by atoms with van der Waals surface area (Å²) in [6.07, 6.45) is 8.33. The van der Waals surface area contributed by atoms with Gasteiger partial charge in [0, 0.05) is 12.0 Å². The second kappa shape index (κ2) is 10.0. The summed E-state index contributed by atoms with van der Waals surface area (Å²) in [7, 11) is 0. The summed E-state index contributed by atoms with van der Waals surface area (Å²) in [4.78, 5) is 14.3. The number of ether oxygens (including phenoxy) is 1. The monoisotopic (exact) mass is 472 g/mol. The smallest absolute Gasteiger partial charge is 0.310 e. The number of nitriles is 1. The average Bonchev–Trinajstić information content (AvgIpc) is 3.65. The molecule has 1 aliphatic heterocycles. The quantitative estimate of drug-likeness (QED) is 0.469. The van der Waals surface area contributed by atoms with Crippen molar-refractivity contribution in [2.24, 2.45) is 16.7 Å². The van der Waals surface area contributed by atoms with Crippen LogP contribution in [0, 0.1) is 28.1 Å². The Balaban J connectivity index is 1.22. The molecule has 0 amide bonds. The minimum atomic E-state index is -0.623. The van der Waals surface area contributed by atoms with E-state index >= 15 is 0 Å². The van der Waals surface area contributed by atoms with Crippen LogP contribution in [0.1, 0.15) is 68.4 Å². The van der Waals surface area contributed by atoms with Crippen LogP contribution in [0.25, 0.3) is 0 Å². The van der Waals surface area contributed by atoms with Gasteiger partial charge in [0.2, 0.25) is 0 Å². The van der Waals surface area contributed by atoms with Crippen LogP contribution in [0.15, 0.2) is 54.6 Å². The maximum absolute atomic E-state index is 11.9. The third-order valence-corrected chi connectivity index (χ3v) is 8.91. The highest BCUT2D eigenvalue weighted by atomic mass is 16.5. The number of hydrogen-bond donors (Lipinski definition) is 1. The highest BCUT2D eigenvalue weighted by molar-refractivity contribution is 5.76. The van der Waals surface area contributed by atoms with E-state index in [1.165, 1.54) is 18.4 Å². The predicted octanol–water partition coefficient (Wildman–Crippen LogP) is 5.86. The number of aliphatic carboxylic acids is 1. The Morgan fingerprint density at radius 1 is 1.09 bits per heavy atom. The Kier molecular flexibility index (Phi) is 6.84. The Morgan fingerprint density at radius 2 is 1.86 bits per heavy atom. The van der Waals surface area contributed by atoms with Crippen LogP contribution >= 0.6 is 0 Å². The van der Waals surface area contributed by atoms with Crippen molar-refractivity contribution in [3.8, 4) is 11.8 Å². The van der Waals surface area contributed by atoms with Crippen LogP contribution in [0.5, 0.6) is 5.75 Å². The lowest BCUT2D eigenvalue weighted by atomic mass is 9.67. The van der Waals surface area contributed by atoms with Crippen LogP contribution in [0.4, 0.5) is 0 Å². The number of piperidine rings is 1. The summed E-state index contributed by atoms with van der Waals surface area (Å²) < 4.78 is 6.30. The van der Waals surface area contributed by atoms with Gasteiger partial charge >= 0.3 is 5.97 Å². The fraction of sp³-hybridized carbons (Fsp3) is 0.533. The fourth-order valence-electron chi connectivity index (χ4n) is 6.18. The van der Waals surface area contributed by atoms with Gasteiger partial charge in [-0.3, -0.25) is 4.79 Å². The highest BCUT2D eigenvalue weighted by Gasteiger charge is 2.47. The number of carboxylic acid groups (broad SMARTS) is 1. The van der Waals surface area contributed by atoms with Crippen molar-refractivity contribution in [1.29, 1.82) is 5.26 Å². The zero-order valence-electron chi connectivity index (χ0n) is 20.5. The normalized spacial score (nSPS) is 24.7. The molecule has 35 heavy (non-hydrogen) atoms. The minimum Gasteiger partial charge on any atom is -0.493 e. The Hall–Kier alpha value is -2.84. The molecule has 0 radical (unpaired) electrons. The van der Waals surface area contributed by atoms with Crippen molar-refractivity contribution in [1.82, 2.24) is 4.90 Å². The second-order valence-corrected chi connectivity index (χ2v) is 11.2. The molecule has 3 aliphatic rings. The molecular formula is C30H36N2O3. The summed E-state index contributed by atoms with van der Waals surface area (Å²) in [6, 6.07) is 20.5. The third-order valence-electron chi connectivity index (χ3n) is 8.91. The van der Waals surface area contributed by atoms with Crippen molar-refractivity contribution < 1.29 is 14.6 Å². The van der Waals surface area contributed by atoms with Crippen LogP contribution in [-0.4, -0.2) is 42.2 Å². The largest absolute Gasteiger partial charge is 0.493 e. The standard InChI is InChI=1S/C30H36N2O3/c31-20-23-6-4-9-26(18-23)35-22-29(13-10-25-19-27(25)24-7-2-1-3-8-24)14-16-32(17-15-29)21-30(28(33)34)11-5-12-30/h1-4,6-9,18,25,27H,5,10-17,19,21-22H2,(H,33,34)/t25-,27?/m1/s1. The summed E-state index contributed by atoms with van der Waals surface area (Å²) in [5.74, 6) is 1.58. The number of likely N-dealkylation sites (tertiary alicyclic amines) is 1. The summed E-state index contributed by atoms with van der Waals surface area (Å²) in [5.41, 5.74) is 1.66. The van der Waals surface area contributed by atoms with Crippen LogP contribution in [0.2, 0.25) is 0 Å². The first kappa shape index (κ1) is 23.9. The predicted molar refractivity (Wildman–Crippen MR) is 135 cm³/mol. The zero-order valence-corrected chi connectivity index (χ0v) is 20.5. The summed E-state index contributed by atoms with van der Waals surface area (Å²) in [5, 5.41) is 19.0. The lowest BCUT2D eigenvalue weighted by molar-refractivity contribution is -0.156. The number of benzene rings is 2. The van der Waals surface area contributed by atoms with Crippen molar-refractivity contribution >= 4 is 5.97 Å². The van der Waals surface area contributed by atoms with Crippen molar-refractivity contribution in [3.05, 3.63) is 65.7 Å². The molecule has 184 valence electrons. The molecule has 2 atom stereocenters. The molecule has 0 spiro atoms. The maximum Gasteiger partial charge on any atom is 0.310 e. The third kappa shape index (κ3) is 5.38. The van der Waals surface area contributed by atoms with Crippen molar-refractivity contribution in [2.75, 3.05) is 26.2 Å². The van der Waals surface area contributed by atoms with E-state index in [9.17, 15) is 15.2 Å². The molecule has 2 aromatic carbocycles. The first-order chi connectivity index (χ1) is 17.0. The van der Waals surface area contributed by atoms with Gasteiger partial charge in [-0.15, -0.1) is 0 Å². The molecule has 5 nitrogen and oxygen atoms in total. The first-order valence-electron chi connectivity index (χ1n) is 13.1. The molecule has 0 bridgehead atoms. The number of nitrogens with zero attached hydrogens (tertiary/aromatic N) is 2. The van der Waals surface area contributed by atoms with Crippen LogP contribution < -0.4 is 4.74 Å². The van der Waals surface area contributed by atoms with Gasteiger partial charge in [0.15, 0.2) is 0 Å². The molecule has 0 aromatic heterocycles. The minimum absolute atomic E-state index is 0.0962. The Morgan fingerprint density at radius 3 is 2.51 bits per heavy atom. The Bertz CT molecular complexity index is 1060. The lowest BCUT2D eigenvalue weighted by Gasteiger charge is -2.46. The molecule has 3 fully saturated rings. The molecule has 5 rings (SSSR count). The van der Waals surface area contributed by atoms with E-state index in [-0.39, 0.29) is 5.41 Å². The molecule has 2 aliphatic carbocycles. The molecule has 2 aromatic rings. The van der Waals surface area contributed by atoms with Gasteiger partial charge in [-0.1, -0.05) is 42.8 Å². The highest BCUT2D eigenvalue weighted by Crippen LogP contribution is 2.52. The second-order valence-electron chi connectivity index (χ2n) is 11.2. The van der Waals surface area contributed by atoms with E-state index in [0.29, 0.717) is 24.6 Å². The molecule has 1 unspecified atom stereocenters. The maximum atomic E-state index is 11.9. The van der Waals surface area contributed by atoms with Crippen molar-refractivity contribution in [3.63, 3.8) is 0 Å². The van der Waals surface area contributed by atoms with Gasteiger partial charge in [0.1, 0.15) is 5.75 Å². The number of hydrogen-bond acceptors (Lipinski definition) is 4. The van der Waals surface area contributed by atoms with Crippen LogP contribution in [-0.2, 0) is 4.79 Å². The SMILES string of the molecule is N#Cc1cccc(OCC2(CC[C@@H]3CC3c3ccccc3)CCN(CC3(C(=O)O)CCC3)CC2)c1. The van der Waals surface area contributed by atoms with Gasteiger partial charge in [0.25, 0.3) is 0 Å². The first-order valence-corrected chi connectivity index (χ1v) is 13.1. The summed E-state index contributed by atoms with van der Waals surface area (Å²) >= 11 is 0. The van der Waals surface area contributed by atoms with E-state index in [2.05, 4.69) is 41.3 Å². The van der Waals surface area contributed by atoms with Gasteiger partial charge in [0.05, 0.1) is 23.7 Å². The molecule has 2 saturated carbocycles. The van der Waals surface area contributed by atoms with Gasteiger partial charge in [-0.05, 0) is 93.6 Å². The molecule has 1 N–H and O–H groups in total. The molecular weight excluding hydrogens is 436 g/mol. The Labute approximate surface area is 208 Å². The molecule has 1 heterocycles. The molecule has 5 heteroatoms. The van der Waals surface area contributed by atoms with E-state index in [0.717, 1.165) is 63.3 Å². The fourth-order valence-corrected chi connectivity index (χ4v) is 6.18. The van der Waals surface area contributed by atoms with Gasteiger partial charge < -0.3 is 14.7 Å². The summed E-state index contributed by atoms with van der Waals surface area (Å²) in [6.45, 7) is 3.21. The average molecular weight is 473 g/mol. The topological polar surface area (TPSA) is 73.6 Å². The van der Waals surface area contributed by atoms with E-state index in [4.69, 9.17) is 4.74 Å². The van der Waals surface area contributed by atoms with Crippen molar-refractivity contribution in [2.45, 2.75) is 57.3 Å². The van der Waals surface area contributed by atoms with E-state index in [1.54, 1.807) is 6.07 Å². The van der Waals surface area contributed by atoms with Gasteiger partial charge in [-0.2, -0.15) is 5.26 Å². The number of rotatable bonds is 10. The number of carboxylic acids is 1. The zero-order chi connectivity index (χ0) is 24.3.